The number of carboxylic acids is 1. The zero-order valence-corrected chi connectivity index (χ0v) is 21.4. The number of aliphatic hydroxyl groups excluding tert-OH is 1. The normalized spacial score (nSPS) is 20.1. The number of β-lactam (4-membered cyclic amide) rings is 1. The Hall–Kier alpha value is -3.22. The molecule has 36 heavy (non-hydrogen) atoms. The van der Waals surface area contributed by atoms with Crippen LogP contribution in [0.4, 0.5) is 5.13 Å². The van der Waals surface area contributed by atoms with E-state index in [2.05, 4.69) is 4.98 Å². The summed E-state index contributed by atoms with van der Waals surface area (Å²) in [7, 11) is 0. The number of Topliss-reactive ketones (excluding diaryl/α,β-unsaturated/α-hetero) is 1. The van der Waals surface area contributed by atoms with E-state index in [-0.39, 0.29) is 35.2 Å². The van der Waals surface area contributed by atoms with Gasteiger partial charge in [0.1, 0.15) is 11.3 Å². The van der Waals surface area contributed by atoms with Gasteiger partial charge in [0.15, 0.2) is 29.9 Å². The minimum atomic E-state index is -1.16. The molecule has 2 aliphatic heterocycles. The fourth-order valence-corrected chi connectivity index (χ4v) is 5.91. The molecule has 2 atom stereocenters. The third kappa shape index (κ3) is 5.30. The Labute approximate surface area is 216 Å². The van der Waals surface area contributed by atoms with Crippen LogP contribution in [0.2, 0.25) is 0 Å². The maximum atomic E-state index is 13.3. The molecule has 0 spiro atoms. The third-order valence-electron chi connectivity index (χ3n) is 5.89. The lowest BCUT2D eigenvalue weighted by Gasteiger charge is -2.49. The van der Waals surface area contributed by atoms with E-state index >= 15 is 0 Å². The van der Waals surface area contributed by atoms with E-state index in [0.29, 0.717) is 23.6 Å². The number of nitrogens with two attached hydrogens (primary N) is 1. The molecule has 10 nitrogen and oxygen atoms in total. The van der Waals surface area contributed by atoms with E-state index in [1.807, 2.05) is 35.2 Å². The van der Waals surface area contributed by atoms with Gasteiger partial charge >= 0.3 is 5.97 Å². The van der Waals surface area contributed by atoms with Crippen LogP contribution in [0.25, 0.3) is 5.57 Å². The van der Waals surface area contributed by atoms with E-state index in [1.165, 1.54) is 34.3 Å². The molecule has 0 aromatic carbocycles. The number of aliphatic hydroxyl groups is 1. The van der Waals surface area contributed by atoms with Crippen LogP contribution in [0.15, 0.2) is 53.5 Å². The molecule has 0 saturated carbocycles. The first-order chi connectivity index (χ1) is 17.1. The number of carbonyl (C=O) groups excluding carboxylic acids is 2. The van der Waals surface area contributed by atoms with Gasteiger partial charge in [0.05, 0.1) is 35.4 Å². The highest BCUT2D eigenvalue weighted by Gasteiger charge is 2.54. The minimum absolute atomic E-state index is 0.0140. The fraction of sp³-hybridized carbons (Fsp3) is 0.375. The molecule has 4 N–H and O–H groups in total. The quantitative estimate of drug-likeness (QED) is 0.180. The van der Waals surface area contributed by atoms with Crippen LogP contribution in [0.5, 0.6) is 0 Å². The molecule has 0 radical (unpaired) electrons. The van der Waals surface area contributed by atoms with Gasteiger partial charge in [-0.2, -0.15) is 0 Å². The number of nitrogen functional groups attached to an aromatic ring is 1. The van der Waals surface area contributed by atoms with E-state index < -0.39 is 28.8 Å². The molecule has 1 fully saturated rings. The maximum Gasteiger partial charge on any atom is 0.352 e. The Bertz CT molecular complexity index is 1240. The summed E-state index contributed by atoms with van der Waals surface area (Å²) in [5, 5.41) is 20.8. The first-order valence-electron chi connectivity index (χ1n) is 11.2. The predicted molar refractivity (Wildman–Crippen MR) is 134 cm³/mol. The lowest BCUT2D eigenvalue weighted by molar-refractivity contribution is -0.689. The Kier molecular flexibility index (Phi) is 7.48. The smallest absolute Gasteiger partial charge is 0.352 e. The minimum Gasteiger partial charge on any atom is -0.492 e. The zero-order valence-electron chi connectivity index (χ0n) is 19.8. The average Bonchev–Trinajstić information content (AvgIpc) is 3.28. The molecule has 1 amide bonds. The number of thioether (sulfide) groups is 1. The van der Waals surface area contributed by atoms with E-state index in [1.54, 1.807) is 19.2 Å². The molecular formula is C24H27N4O6S2+. The van der Waals surface area contributed by atoms with Gasteiger partial charge in [-0.05, 0) is 13.8 Å². The molecule has 2 aromatic heterocycles. The number of allylic oxidation sites excluding steroid dienone is 1. The van der Waals surface area contributed by atoms with E-state index in [9.17, 15) is 24.6 Å². The number of aromatic nitrogens is 2. The average molecular weight is 532 g/mol. The van der Waals surface area contributed by atoms with Gasteiger partial charge in [-0.1, -0.05) is 6.07 Å². The Morgan fingerprint density at radius 1 is 1.33 bits per heavy atom. The molecule has 4 rings (SSSR count). The first-order valence-corrected chi connectivity index (χ1v) is 13.1. The van der Waals surface area contributed by atoms with Gasteiger partial charge in [-0.25, -0.2) is 14.3 Å². The van der Waals surface area contributed by atoms with Crippen molar-refractivity contribution < 1.29 is 33.9 Å². The second-order valence-electron chi connectivity index (χ2n) is 9.09. The van der Waals surface area contributed by atoms with Crippen molar-refractivity contribution in [3.63, 3.8) is 0 Å². The summed E-state index contributed by atoms with van der Waals surface area (Å²) < 4.78 is 7.47. The number of ketones is 1. The van der Waals surface area contributed by atoms with Crippen LogP contribution >= 0.6 is 23.1 Å². The molecule has 1 saturated heterocycles. The number of hydrogen-bond acceptors (Lipinski definition) is 9. The molecule has 0 unspecified atom stereocenters. The second-order valence-corrected chi connectivity index (χ2v) is 11.1. The van der Waals surface area contributed by atoms with Gasteiger partial charge in [0.25, 0.3) is 0 Å². The fourth-order valence-electron chi connectivity index (χ4n) is 3.95. The van der Waals surface area contributed by atoms with Crippen LogP contribution in [-0.4, -0.2) is 61.1 Å². The van der Waals surface area contributed by atoms with Crippen molar-refractivity contribution in [2.45, 2.75) is 37.8 Å². The Morgan fingerprint density at radius 2 is 2.06 bits per heavy atom. The van der Waals surface area contributed by atoms with Crippen LogP contribution in [0, 0.1) is 5.92 Å². The van der Waals surface area contributed by atoms with Crippen molar-refractivity contribution in [2.24, 2.45) is 5.92 Å². The number of amides is 1. The number of carboxylic acid groups (broad SMARTS) is 1. The molecule has 0 aliphatic carbocycles. The van der Waals surface area contributed by atoms with Gasteiger partial charge < -0.3 is 20.7 Å². The van der Waals surface area contributed by atoms with E-state index in [4.69, 9.17) is 10.5 Å². The van der Waals surface area contributed by atoms with Crippen molar-refractivity contribution in [1.82, 2.24) is 9.88 Å². The molecule has 4 heterocycles. The van der Waals surface area contributed by atoms with Gasteiger partial charge in [-0.3, -0.25) is 14.5 Å². The number of rotatable bonds is 10. The third-order valence-corrected chi connectivity index (χ3v) is 7.96. The number of aliphatic carboxylic acids is 1. The van der Waals surface area contributed by atoms with Gasteiger partial charge in [0, 0.05) is 35.3 Å². The molecule has 2 aliphatic rings. The summed E-state index contributed by atoms with van der Waals surface area (Å²) in [6, 6.07) is 5.57. The SMILES string of the molecule is CC(C)(CO)O/C=C(\C(=O)C[C@@H]1C(=O)N2C(C(=O)O)=C(C[n+]3ccccc3)CS[C@H]12)c1csc(N)n1. The highest BCUT2D eigenvalue weighted by atomic mass is 32.2. The Balaban J connectivity index is 1.54. The predicted octanol–water partition coefficient (Wildman–Crippen LogP) is 1.67. The molecule has 190 valence electrons. The number of fused-ring (bicyclic) bond motifs is 1. The van der Waals surface area contributed by atoms with Crippen LogP contribution in [-0.2, 0) is 25.7 Å². The second kappa shape index (κ2) is 10.4. The van der Waals surface area contributed by atoms with Crippen molar-refractivity contribution in [1.29, 1.82) is 0 Å². The van der Waals surface area contributed by atoms with Crippen molar-refractivity contribution in [3.8, 4) is 0 Å². The summed E-state index contributed by atoms with van der Waals surface area (Å²) >= 11 is 2.62. The van der Waals surface area contributed by atoms with E-state index in [0.717, 1.165) is 0 Å². The van der Waals surface area contributed by atoms with Crippen molar-refractivity contribution in [3.05, 3.63) is 59.2 Å². The molecular weight excluding hydrogens is 504 g/mol. The number of thiazole rings is 1. The number of carbonyl (C=O) groups is 3. The summed E-state index contributed by atoms with van der Waals surface area (Å²) in [4.78, 5) is 44.0. The van der Waals surface area contributed by atoms with Crippen LogP contribution < -0.4 is 10.3 Å². The highest BCUT2D eigenvalue weighted by molar-refractivity contribution is 8.00. The van der Waals surface area contributed by atoms with Crippen molar-refractivity contribution in [2.75, 3.05) is 18.1 Å². The number of anilines is 1. The monoisotopic (exact) mass is 531 g/mol. The van der Waals surface area contributed by atoms with Gasteiger partial charge in [-0.15, -0.1) is 23.1 Å². The zero-order chi connectivity index (χ0) is 26.0. The Morgan fingerprint density at radius 3 is 2.67 bits per heavy atom. The van der Waals surface area contributed by atoms with Crippen molar-refractivity contribution >= 4 is 51.5 Å². The summed E-state index contributed by atoms with van der Waals surface area (Å²) in [6.45, 7) is 3.41. The summed E-state index contributed by atoms with van der Waals surface area (Å²) in [5.74, 6) is -2.18. The summed E-state index contributed by atoms with van der Waals surface area (Å²) in [6.07, 6.45) is 4.79. The number of ether oxygens (including phenoxy) is 1. The lowest BCUT2D eigenvalue weighted by Crippen LogP contribution is -2.62. The van der Waals surface area contributed by atoms with Crippen LogP contribution in [0.3, 0.4) is 0 Å². The number of pyridine rings is 1. The van der Waals surface area contributed by atoms with Gasteiger partial charge in [0.2, 0.25) is 5.91 Å². The maximum absolute atomic E-state index is 13.3. The molecule has 0 bridgehead atoms. The molecule has 2 aromatic rings. The lowest BCUT2D eigenvalue weighted by atomic mass is 9.88. The summed E-state index contributed by atoms with van der Waals surface area (Å²) in [5.41, 5.74) is 5.91. The standard InChI is InChI=1S/C24H26N4O6S2/c1-24(2,13-29)34-10-16(17-12-36-23(25)26-17)18(30)8-15-20(31)28-19(22(32)33)14(11-35-21(15)28)9-27-6-4-3-5-7-27/h3-7,10,12,15,21,29H,8-9,11,13H2,1-2H3,(H2-,25,26,32,33)/p+1/b16-10-/t15-,21-/m1/s1. The first kappa shape index (κ1) is 25.9. The topological polar surface area (TPSA) is 147 Å². The molecule has 12 heteroatoms. The number of nitrogens with zero attached hydrogens (tertiary/aromatic N) is 3. The number of hydrogen-bond donors (Lipinski definition) is 3. The highest BCUT2D eigenvalue weighted by Crippen LogP contribution is 2.45. The largest absolute Gasteiger partial charge is 0.492 e. The van der Waals surface area contributed by atoms with Crippen LogP contribution in [0.1, 0.15) is 26.0 Å².